The Balaban J connectivity index is 0.00000210. The van der Waals surface area contributed by atoms with Gasteiger partial charge in [0.2, 0.25) is 11.8 Å². The van der Waals surface area contributed by atoms with Crippen LogP contribution in [0, 0.1) is 5.92 Å². The van der Waals surface area contributed by atoms with Gasteiger partial charge in [-0.2, -0.15) is 0 Å². The molecule has 0 spiro atoms. The van der Waals surface area contributed by atoms with Gasteiger partial charge >= 0.3 is 0 Å². The van der Waals surface area contributed by atoms with Crippen molar-refractivity contribution in [3.63, 3.8) is 0 Å². The minimum atomic E-state index is -0.522. The van der Waals surface area contributed by atoms with Gasteiger partial charge in [0.25, 0.3) is 0 Å². The quantitative estimate of drug-likeness (QED) is 0.669. The van der Waals surface area contributed by atoms with Gasteiger partial charge in [0.15, 0.2) is 0 Å². The molecular weight excluding hydrogens is 417 g/mol. The van der Waals surface area contributed by atoms with Crippen LogP contribution in [0.3, 0.4) is 0 Å². The summed E-state index contributed by atoms with van der Waals surface area (Å²) >= 11 is 0. The summed E-state index contributed by atoms with van der Waals surface area (Å²) in [5.41, 5.74) is 6.05. The van der Waals surface area contributed by atoms with E-state index < -0.39 is 6.04 Å². The monoisotopic (exact) mass is 447 g/mol. The number of anilines is 1. The van der Waals surface area contributed by atoms with Crippen molar-refractivity contribution in [3.05, 3.63) is 24.4 Å². The van der Waals surface area contributed by atoms with Crippen LogP contribution < -0.4 is 16.0 Å². The number of nitrogens with zero attached hydrogens (tertiary/aromatic N) is 3. The summed E-state index contributed by atoms with van der Waals surface area (Å²) in [6.45, 7) is 4.53. The maximum atomic E-state index is 12.4. The van der Waals surface area contributed by atoms with Crippen molar-refractivity contribution in [1.82, 2.24) is 15.2 Å². The Kier molecular flexibility index (Phi) is 11.3. The minimum Gasteiger partial charge on any atom is -0.381 e. The van der Waals surface area contributed by atoms with E-state index in [-0.39, 0.29) is 42.5 Å². The highest BCUT2D eigenvalue weighted by Gasteiger charge is 2.27. The van der Waals surface area contributed by atoms with Gasteiger partial charge in [-0.15, -0.1) is 24.8 Å². The molecule has 0 aliphatic carbocycles. The fraction of sp³-hybridized carbons (Fsp3) is 0.632. The molecule has 3 rings (SSSR count). The second-order valence-electron chi connectivity index (χ2n) is 7.07. The fourth-order valence-corrected chi connectivity index (χ4v) is 3.58. The van der Waals surface area contributed by atoms with Crippen LogP contribution in [0.1, 0.15) is 19.3 Å². The summed E-state index contributed by atoms with van der Waals surface area (Å²) < 4.78 is 5.30. The Morgan fingerprint density at radius 2 is 1.86 bits per heavy atom. The van der Waals surface area contributed by atoms with Crippen molar-refractivity contribution in [3.8, 4) is 0 Å². The molecule has 2 saturated heterocycles. The second-order valence-corrected chi connectivity index (χ2v) is 7.07. The van der Waals surface area contributed by atoms with Gasteiger partial charge in [0.1, 0.15) is 5.82 Å². The molecule has 10 heteroatoms. The number of carbonyl (C=O) groups excluding carboxylic acids is 2. The SMILES string of the molecule is Cl.Cl.NC(C(=O)NCCC(=O)N1CCN(c2ccccn2)CC1)C1CCOCC1. The van der Waals surface area contributed by atoms with Gasteiger partial charge in [-0.3, -0.25) is 9.59 Å². The van der Waals surface area contributed by atoms with E-state index in [0.29, 0.717) is 39.3 Å². The van der Waals surface area contributed by atoms with Crippen LogP contribution in [-0.2, 0) is 14.3 Å². The molecule has 29 heavy (non-hydrogen) atoms. The molecule has 2 aliphatic heterocycles. The number of piperazine rings is 1. The molecule has 0 radical (unpaired) electrons. The van der Waals surface area contributed by atoms with Gasteiger partial charge in [-0.05, 0) is 30.9 Å². The Morgan fingerprint density at radius 3 is 2.48 bits per heavy atom. The number of pyridine rings is 1. The molecular formula is C19H31Cl2N5O3. The highest BCUT2D eigenvalue weighted by Crippen LogP contribution is 2.17. The van der Waals surface area contributed by atoms with Crippen LogP contribution in [0.25, 0.3) is 0 Å². The molecule has 3 heterocycles. The molecule has 0 saturated carbocycles. The lowest BCUT2D eigenvalue weighted by atomic mass is 9.92. The number of nitrogens with one attached hydrogen (secondary N) is 1. The average molecular weight is 448 g/mol. The first-order valence-corrected chi connectivity index (χ1v) is 9.70. The fourth-order valence-electron chi connectivity index (χ4n) is 3.58. The van der Waals surface area contributed by atoms with Crippen LogP contribution in [0.4, 0.5) is 5.82 Å². The first-order valence-electron chi connectivity index (χ1n) is 9.70. The molecule has 0 aromatic carbocycles. The predicted molar refractivity (Wildman–Crippen MR) is 117 cm³/mol. The van der Waals surface area contributed by atoms with Crippen molar-refractivity contribution < 1.29 is 14.3 Å². The zero-order chi connectivity index (χ0) is 19.1. The predicted octanol–water partition coefficient (Wildman–Crippen LogP) is 0.834. The summed E-state index contributed by atoms with van der Waals surface area (Å²) in [5, 5.41) is 2.81. The third kappa shape index (κ3) is 7.29. The molecule has 2 fully saturated rings. The van der Waals surface area contributed by atoms with Crippen LogP contribution in [0.5, 0.6) is 0 Å². The molecule has 0 bridgehead atoms. The van der Waals surface area contributed by atoms with E-state index in [0.717, 1.165) is 31.7 Å². The van der Waals surface area contributed by atoms with Crippen LogP contribution in [0.15, 0.2) is 24.4 Å². The number of hydrogen-bond acceptors (Lipinski definition) is 6. The van der Waals surface area contributed by atoms with Crippen LogP contribution >= 0.6 is 24.8 Å². The van der Waals surface area contributed by atoms with E-state index in [1.54, 1.807) is 6.20 Å². The second kappa shape index (κ2) is 12.8. The third-order valence-electron chi connectivity index (χ3n) is 5.32. The zero-order valence-corrected chi connectivity index (χ0v) is 18.1. The van der Waals surface area contributed by atoms with E-state index in [4.69, 9.17) is 10.5 Å². The lowest BCUT2D eigenvalue weighted by Crippen LogP contribution is -2.50. The lowest BCUT2D eigenvalue weighted by Gasteiger charge is -2.35. The zero-order valence-electron chi connectivity index (χ0n) is 16.5. The number of ether oxygens (including phenoxy) is 1. The molecule has 1 aromatic heterocycles. The van der Waals surface area contributed by atoms with Crippen molar-refractivity contribution in [2.45, 2.75) is 25.3 Å². The first-order chi connectivity index (χ1) is 13.1. The maximum Gasteiger partial charge on any atom is 0.237 e. The number of nitrogens with two attached hydrogens (primary N) is 1. The number of aromatic nitrogens is 1. The van der Waals surface area contributed by atoms with E-state index in [1.807, 2.05) is 23.1 Å². The Bertz CT molecular complexity index is 624. The maximum absolute atomic E-state index is 12.4. The van der Waals surface area contributed by atoms with Crippen molar-refractivity contribution in [1.29, 1.82) is 0 Å². The Morgan fingerprint density at radius 1 is 1.17 bits per heavy atom. The topological polar surface area (TPSA) is 101 Å². The van der Waals surface area contributed by atoms with Crippen molar-refractivity contribution in [2.75, 3.05) is 50.8 Å². The van der Waals surface area contributed by atoms with Gasteiger partial charge in [-0.1, -0.05) is 6.07 Å². The first kappa shape index (κ1) is 25.4. The summed E-state index contributed by atoms with van der Waals surface area (Å²) in [5.74, 6) is 0.998. The molecule has 1 atom stereocenters. The largest absolute Gasteiger partial charge is 0.381 e. The Hall–Kier alpha value is -1.61. The van der Waals surface area contributed by atoms with Gasteiger partial charge in [0, 0.05) is 58.6 Å². The summed E-state index contributed by atoms with van der Waals surface area (Å²) in [6, 6.07) is 5.32. The highest BCUT2D eigenvalue weighted by atomic mass is 35.5. The highest BCUT2D eigenvalue weighted by molar-refractivity contribution is 5.85. The number of rotatable bonds is 6. The van der Waals surface area contributed by atoms with Crippen LogP contribution in [0.2, 0.25) is 0 Å². The van der Waals surface area contributed by atoms with Gasteiger partial charge in [-0.25, -0.2) is 4.98 Å². The molecule has 1 unspecified atom stereocenters. The summed E-state index contributed by atoms with van der Waals surface area (Å²) in [4.78, 5) is 33.0. The van der Waals surface area contributed by atoms with Gasteiger partial charge < -0.3 is 25.6 Å². The molecule has 1 aromatic rings. The standard InChI is InChI=1S/C19H29N5O3.2ClH/c20-18(15-5-13-27-14-6-15)19(26)22-8-4-17(25)24-11-9-23(10-12-24)16-3-1-2-7-21-16;;/h1-3,7,15,18H,4-6,8-14,20H2,(H,22,26);2*1H. The molecule has 164 valence electrons. The van der Waals surface area contributed by atoms with Crippen molar-refractivity contribution >= 4 is 42.4 Å². The van der Waals surface area contributed by atoms with E-state index in [1.165, 1.54) is 0 Å². The van der Waals surface area contributed by atoms with E-state index in [2.05, 4.69) is 15.2 Å². The van der Waals surface area contributed by atoms with Crippen LogP contribution in [-0.4, -0.2) is 73.7 Å². The molecule has 2 aliphatic rings. The number of amides is 2. The molecule has 2 amide bonds. The average Bonchev–Trinajstić information content (AvgIpc) is 2.74. The lowest BCUT2D eigenvalue weighted by molar-refractivity contribution is -0.131. The van der Waals surface area contributed by atoms with E-state index >= 15 is 0 Å². The normalized spacial score (nSPS) is 18.2. The van der Waals surface area contributed by atoms with Crippen molar-refractivity contribution in [2.24, 2.45) is 11.7 Å². The van der Waals surface area contributed by atoms with E-state index in [9.17, 15) is 9.59 Å². The molecule has 3 N–H and O–H groups in total. The number of halogens is 2. The summed E-state index contributed by atoms with van der Waals surface area (Å²) in [6.07, 6.45) is 3.71. The third-order valence-corrected chi connectivity index (χ3v) is 5.32. The van der Waals surface area contributed by atoms with Gasteiger partial charge in [0.05, 0.1) is 6.04 Å². The number of hydrogen-bond donors (Lipinski definition) is 2. The smallest absolute Gasteiger partial charge is 0.237 e. The Labute approximate surface area is 184 Å². The summed E-state index contributed by atoms with van der Waals surface area (Å²) in [7, 11) is 0. The number of carbonyl (C=O) groups is 2. The minimum absolute atomic E-state index is 0. The molecule has 8 nitrogen and oxygen atoms in total.